The van der Waals surface area contributed by atoms with Crippen LogP contribution in [0.15, 0.2) is 0 Å². The molecule has 9 heteroatoms. The molecule has 2 N–H and O–H groups in total. The van der Waals surface area contributed by atoms with Gasteiger partial charge in [-0.25, -0.2) is 9.36 Å². The number of quaternary nitrogens is 1. The number of ether oxygens (including phenoxy) is 1. The molecule has 0 aliphatic rings. The maximum absolute atomic E-state index is 12.2. The lowest BCUT2D eigenvalue weighted by atomic mass is 10.0. The molecule has 1 amide bonds. The second-order valence-electron chi connectivity index (χ2n) is 10.6. The van der Waals surface area contributed by atoms with Crippen LogP contribution in [0.5, 0.6) is 0 Å². The topological polar surface area (TPSA) is 94.1 Å². The Morgan fingerprint density at radius 2 is 1.31 bits per heavy atom. The van der Waals surface area contributed by atoms with Crippen LogP contribution in [0.1, 0.15) is 110 Å². The molecule has 0 fully saturated rings. The SMILES string of the molecule is CCCCCCCCCCCCCCCCC(COP(=O)(O)OCC[N+](C)(C)C)OC(=O)NCC. The molecule has 0 aliphatic heterocycles. The lowest BCUT2D eigenvalue weighted by molar-refractivity contribution is -0.870. The minimum absolute atomic E-state index is 0.109. The molecule has 2 atom stereocenters. The molecule has 0 radical (unpaired) electrons. The molecule has 0 heterocycles. The first-order valence-electron chi connectivity index (χ1n) is 14.0. The average molecular weight is 524 g/mol. The summed E-state index contributed by atoms with van der Waals surface area (Å²) < 4.78 is 28.4. The highest BCUT2D eigenvalue weighted by Crippen LogP contribution is 2.43. The summed E-state index contributed by atoms with van der Waals surface area (Å²) in [5, 5.41) is 2.59. The molecular weight excluding hydrogens is 467 g/mol. The minimum Gasteiger partial charge on any atom is -0.444 e. The number of amides is 1. The molecule has 210 valence electrons. The molecule has 0 aliphatic carbocycles. The Bertz CT molecular complexity index is 556. The largest absolute Gasteiger partial charge is 0.472 e. The van der Waals surface area contributed by atoms with Crippen molar-refractivity contribution in [3.63, 3.8) is 0 Å². The normalized spacial score (nSPS) is 14.5. The number of carbonyl (C=O) groups excluding carboxylic acids is 1. The minimum atomic E-state index is -4.19. The van der Waals surface area contributed by atoms with Crippen molar-refractivity contribution in [1.82, 2.24) is 5.32 Å². The Kier molecular flexibility index (Phi) is 21.0. The van der Waals surface area contributed by atoms with Crippen LogP contribution < -0.4 is 5.32 Å². The van der Waals surface area contributed by atoms with Crippen LogP contribution in [-0.4, -0.2) is 69.0 Å². The van der Waals surface area contributed by atoms with Crippen LogP contribution in [0.3, 0.4) is 0 Å². The molecular formula is C26H56N2O6P+. The van der Waals surface area contributed by atoms with E-state index < -0.39 is 20.0 Å². The van der Waals surface area contributed by atoms with E-state index in [2.05, 4.69) is 12.2 Å². The lowest BCUT2D eigenvalue weighted by Gasteiger charge is -2.24. The van der Waals surface area contributed by atoms with E-state index >= 15 is 0 Å². The van der Waals surface area contributed by atoms with Crippen molar-refractivity contribution in [1.29, 1.82) is 0 Å². The zero-order valence-electron chi connectivity index (χ0n) is 23.4. The van der Waals surface area contributed by atoms with Crippen LogP contribution in [0.2, 0.25) is 0 Å². The molecule has 0 saturated heterocycles. The summed E-state index contributed by atoms with van der Waals surface area (Å²) in [6.07, 6.45) is 17.3. The quantitative estimate of drug-likeness (QED) is 0.0820. The number of likely N-dealkylation sites (N-methyl/N-ethyl adjacent to an activating group) is 1. The smallest absolute Gasteiger partial charge is 0.444 e. The van der Waals surface area contributed by atoms with Crippen LogP contribution >= 0.6 is 7.82 Å². The third-order valence-corrected chi connectivity index (χ3v) is 6.90. The van der Waals surface area contributed by atoms with Gasteiger partial charge in [-0.2, -0.15) is 0 Å². The van der Waals surface area contributed by atoms with E-state index in [0.29, 0.717) is 24.0 Å². The summed E-state index contributed by atoms with van der Waals surface area (Å²) in [4.78, 5) is 21.8. The zero-order chi connectivity index (χ0) is 26.4. The lowest BCUT2D eigenvalue weighted by Crippen LogP contribution is -2.37. The van der Waals surface area contributed by atoms with Gasteiger partial charge in [0.05, 0.1) is 27.7 Å². The van der Waals surface area contributed by atoms with Crippen LogP contribution in [-0.2, 0) is 18.3 Å². The fraction of sp³-hybridized carbons (Fsp3) is 0.962. The van der Waals surface area contributed by atoms with Crippen LogP contribution in [0, 0.1) is 0 Å². The van der Waals surface area contributed by atoms with Crippen molar-refractivity contribution >= 4 is 13.9 Å². The third-order valence-electron chi connectivity index (χ3n) is 5.91. The number of unbranched alkanes of at least 4 members (excludes halogenated alkanes) is 13. The van der Waals surface area contributed by atoms with E-state index in [4.69, 9.17) is 13.8 Å². The Labute approximate surface area is 215 Å². The second kappa shape index (κ2) is 21.4. The van der Waals surface area contributed by atoms with Gasteiger partial charge in [0, 0.05) is 6.54 Å². The predicted molar refractivity (Wildman–Crippen MR) is 144 cm³/mol. The highest BCUT2D eigenvalue weighted by atomic mass is 31.2. The van der Waals surface area contributed by atoms with E-state index in [-0.39, 0.29) is 13.2 Å². The summed E-state index contributed by atoms with van der Waals surface area (Å²) in [5.74, 6) is 0. The Morgan fingerprint density at radius 3 is 1.77 bits per heavy atom. The van der Waals surface area contributed by atoms with Gasteiger partial charge >= 0.3 is 13.9 Å². The molecule has 0 rings (SSSR count). The first kappa shape index (κ1) is 34.3. The van der Waals surface area contributed by atoms with Gasteiger partial charge in [-0.3, -0.25) is 9.05 Å². The Balaban J connectivity index is 4.05. The summed E-state index contributed by atoms with van der Waals surface area (Å²) in [6, 6.07) is 0. The van der Waals surface area contributed by atoms with Gasteiger partial charge in [0.15, 0.2) is 0 Å². The molecule has 35 heavy (non-hydrogen) atoms. The molecule has 0 aromatic rings. The van der Waals surface area contributed by atoms with Crippen molar-refractivity contribution < 1.29 is 32.5 Å². The molecule has 2 unspecified atom stereocenters. The van der Waals surface area contributed by atoms with Crippen molar-refractivity contribution in [2.24, 2.45) is 0 Å². The van der Waals surface area contributed by atoms with Gasteiger partial charge in [-0.05, 0) is 19.8 Å². The molecule has 0 spiro atoms. The zero-order valence-corrected chi connectivity index (χ0v) is 24.3. The van der Waals surface area contributed by atoms with Crippen LogP contribution in [0.25, 0.3) is 0 Å². The van der Waals surface area contributed by atoms with Gasteiger partial charge in [0.25, 0.3) is 0 Å². The van der Waals surface area contributed by atoms with Gasteiger partial charge in [-0.15, -0.1) is 0 Å². The Hall–Kier alpha value is -0.660. The number of hydrogen-bond acceptors (Lipinski definition) is 5. The summed E-state index contributed by atoms with van der Waals surface area (Å²) in [5.41, 5.74) is 0. The highest BCUT2D eigenvalue weighted by Gasteiger charge is 2.25. The van der Waals surface area contributed by atoms with Crippen molar-refractivity contribution in [2.75, 3.05) is 47.4 Å². The maximum Gasteiger partial charge on any atom is 0.472 e. The summed E-state index contributed by atoms with van der Waals surface area (Å²) in [7, 11) is 1.73. The fourth-order valence-electron chi connectivity index (χ4n) is 3.72. The van der Waals surface area contributed by atoms with Gasteiger partial charge in [-0.1, -0.05) is 90.4 Å². The van der Waals surface area contributed by atoms with E-state index in [1.54, 1.807) is 0 Å². The van der Waals surface area contributed by atoms with E-state index in [1.807, 2.05) is 28.1 Å². The van der Waals surface area contributed by atoms with Gasteiger partial charge in [0.2, 0.25) is 0 Å². The van der Waals surface area contributed by atoms with Gasteiger partial charge < -0.3 is 19.4 Å². The van der Waals surface area contributed by atoms with Crippen molar-refractivity contribution in [2.45, 2.75) is 116 Å². The van der Waals surface area contributed by atoms with Gasteiger partial charge in [0.1, 0.15) is 19.3 Å². The number of nitrogens with one attached hydrogen (secondary N) is 1. The number of phosphoric acid groups is 1. The molecule has 0 bridgehead atoms. The first-order chi connectivity index (χ1) is 16.6. The van der Waals surface area contributed by atoms with Crippen molar-refractivity contribution in [3.8, 4) is 0 Å². The summed E-state index contributed by atoms with van der Waals surface area (Å²) in [6.45, 7) is 5.05. The second-order valence-corrected chi connectivity index (χ2v) is 12.0. The number of hydrogen-bond donors (Lipinski definition) is 2. The number of rotatable bonds is 24. The number of nitrogens with zero attached hydrogens (tertiary/aromatic N) is 1. The predicted octanol–water partition coefficient (Wildman–Crippen LogP) is 6.81. The Morgan fingerprint density at radius 1 is 0.829 bits per heavy atom. The first-order valence-corrected chi connectivity index (χ1v) is 15.5. The number of carbonyl (C=O) groups is 1. The standard InChI is InChI=1S/C26H55N2O6P/c1-6-8-9-10-11-12-13-14-15-16-17-18-19-20-21-25(34-26(29)27-7-2)24-33-35(30,31)32-23-22-28(3,4)5/h25H,6-24H2,1-5H3,(H-,27,29,30,31)/p+1. The average Bonchev–Trinajstić information content (AvgIpc) is 2.76. The van der Waals surface area contributed by atoms with Crippen LogP contribution in [0.4, 0.5) is 4.79 Å². The molecule has 0 aromatic carbocycles. The third kappa shape index (κ3) is 24.8. The number of alkyl carbamates (subject to hydrolysis) is 1. The monoisotopic (exact) mass is 523 g/mol. The van der Waals surface area contributed by atoms with E-state index in [0.717, 1.165) is 19.3 Å². The maximum atomic E-state index is 12.2. The molecule has 0 aromatic heterocycles. The molecule has 0 saturated carbocycles. The fourth-order valence-corrected chi connectivity index (χ4v) is 4.47. The van der Waals surface area contributed by atoms with E-state index in [1.165, 1.54) is 70.6 Å². The van der Waals surface area contributed by atoms with E-state index in [9.17, 15) is 14.3 Å². The number of phosphoric ester groups is 1. The summed E-state index contributed by atoms with van der Waals surface area (Å²) >= 11 is 0. The highest BCUT2D eigenvalue weighted by molar-refractivity contribution is 7.47. The molecule has 8 nitrogen and oxygen atoms in total. The van der Waals surface area contributed by atoms with Crippen molar-refractivity contribution in [3.05, 3.63) is 0 Å².